The number of phenolic OH excluding ortho intramolecular Hbond substituents is 3. The third-order valence-electron chi connectivity index (χ3n) is 6.00. The highest BCUT2D eigenvalue weighted by Gasteiger charge is 2.16. The normalized spacial score (nSPS) is 13.1. The fourth-order valence-corrected chi connectivity index (χ4v) is 4.38. The van der Waals surface area contributed by atoms with Crippen LogP contribution in [0.1, 0.15) is 22.3 Å². The summed E-state index contributed by atoms with van der Waals surface area (Å²) < 4.78 is 6.01. The van der Waals surface area contributed by atoms with Gasteiger partial charge in [-0.1, -0.05) is 36.4 Å². The first-order chi connectivity index (χ1) is 15.6. The van der Waals surface area contributed by atoms with Crippen LogP contribution < -0.4 is 4.74 Å². The second-order valence-electron chi connectivity index (χ2n) is 8.20. The highest BCUT2D eigenvalue weighted by atomic mass is 16.5. The summed E-state index contributed by atoms with van der Waals surface area (Å²) >= 11 is 0. The summed E-state index contributed by atoms with van der Waals surface area (Å²) in [5, 5.41) is 31.3. The average molecular weight is 424 g/mol. The summed E-state index contributed by atoms with van der Waals surface area (Å²) in [5.74, 6) is 1.64. The highest BCUT2D eigenvalue weighted by molar-refractivity contribution is 5.77. The summed E-state index contributed by atoms with van der Waals surface area (Å²) in [5.41, 5.74) is 5.87. The summed E-state index contributed by atoms with van der Waals surface area (Å²) in [7, 11) is 0. The number of hydrogen-bond donors (Lipinski definition) is 3. The van der Waals surface area contributed by atoms with Crippen molar-refractivity contribution in [2.75, 3.05) is 0 Å². The Morgan fingerprint density at radius 1 is 0.594 bits per heavy atom. The Kier molecular flexibility index (Phi) is 5.20. The van der Waals surface area contributed by atoms with Gasteiger partial charge in [-0.05, 0) is 96.0 Å². The third-order valence-corrected chi connectivity index (χ3v) is 6.00. The molecule has 4 aromatic rings. The van der Waals surface area contributed by atoms with E-state index in [9.17, 15) is 15.3 Å². The predicted octanol–water partition coefficient (Wildman–Crippen LogP) is 6.15. The van der Waals surface area contributed by atoms with Crippen molar-refractivity contribution in [2.24, 2.45) is 0 Å². The molecule has 0 saturated heterocycles. The second-order valence-corrected chi connectivity index (χ2v) is 8.20. The van der Waals surface area contributed by atoms with Gasteiger partial charge in [0.05, 0.1) is 0 Å². The molecule has 3 N–H and O–H groups in total. The minimum Gasteiger partial charge on any atom is -0.508 e. The molecule has 0 unspecified atom stereocenters. The first kappa shape index (κ1) is 20.0. The van der Waals surface area contributed by atoms with Gasteiger partial charge in [0.2, 0.25) is 0 Å². The molecule has 0 radical (unpaired) electrons. The number of aryl methyl sites for hydroxylation is 4. The van der Waals surface area contributed by atoms with E-state index in [0.717, 1.165) is 46.2 Å². The lowest BCUT2D eigenvalue weighted by molar-refractivity contribution is 0.410. The van der Waals surface area contributed by atoms with Crippen LogP contribution in [-0.4, -0.2) is 15.3 Å². The van der Waals surface area contributed by atoms with E-state index in [-0.39, 0.29) is 17.2 Å². The van der Waals surface area contributed by atoms with E-state index >= 15 is 0 Å². The van der Waals surface area contributed by atoms with Gasteiger partial charge < -0.3 is 20.1 Å². The number of fused-ring (bicyclic) bond motifs is 7. The first-order valence-electron chi connectivity index (χ1n) is 10.8. The van der Waals surface area contributed by atoms with E-state index < -0.39 is 0 Å². The number of benzene rings is 4. The van der Waals surface area contributed by atoms with E-state index in [0.29, 0.717) is 24.3 Å². The maximum Gasteiger partial charge on any atom is 0.169 e. The standard InChI is InChI=1S/C28H24O4/c29-22-12-13-24-21(17-22)11-8-18-3-1-5-23(15-18)32-27-16-19(9-14-25(27)30)7-10-20-4-2-6-26(31)28(20)24/h1-6,9,12-17,29-31H,7-8,10-11H2. The van der Waals surface area contributed by atoms with Crippen molar-refractivity contribution in [2.45, 2.75) is 25.7 Å². The smallest absolute Gasteiger partial charge is 0.169 e. The van der Waals surface area contributed by atoms with E-state index in [1.54, 1.807) is 24.3 Å². The zero-order valence-corrected chi connectivity index (χ0v) is 17.6. The fraction of sp³-hybridized carbons (Fsp3) is 0.143. The van der Waals surface area contributed by atoms with Crippen molar-refractivity contribution in [1.82, 2.24) is 0 Å². The maximum absolute atomic E-state index is 10.8. The highest BCUT2D eigenvalue weighted by Crippen LogP contribution is 2.38. The Morgan fingerprint density at radius 3 is 2.25 bits per heavy atom. The molecule has 32 heavy (non-hydrogen) atoms. The lowest BCUT2D eigenvalue weighted by Crippen LogP contribution is -1.99. The molecule has 4 heteroatoms. The quantitative estimate of drug-likeness (QED) is 0.317. The summed E-state index contributed by atoms with van der Waals surface area (Å²) in [6, 6.07) is 24.2. The van der Waals surface area contributed by atoms with Crippen LogP contribution in [0, 0.1) is 0 Å². The molecule has 0 spiro atoms. The zero-order valence-electron chi connectivity index (χ0n) is 17.6. The summed E-state index contributed by atoms with van der Waals surface area (Å²) in [6.45, 7) is 0. The Labute approximate surface area is 187 Å². The van der Waals surface area contributed by atoms with Gasteiger partial charge in [-0.25, -0.2) is 0 Å². The number of aromatic hydroxyl groups is 3. The Hall–Kier alpha value is -3.92. The molecule has 4 aromatic carbocycles. The van der Waals surface area contributed by atoms with Gasteiger partial charge in [0.1, 0.15) is 17.2 Å². The van der Waals surface area contributed by atoms with E-state index in [2.05, 4.69) is 0 Å². The van der Waals surface area contributed by atoms with Gasteiger partial charge >= 0.3 is 0 Å². The van der Waals surface area contributed by atoms with Crippen LogP contribution in [-0.2, 0) is 25.7 Å². The van der Waals surface area contributed by atoms with Crippen molar-refractivity contribution in [3.05, 3.63) is 101 Å². The summed E-state index contributed by atoms with van der Waals surface area (Å²) in [6.07, 6.45) is 2.87. The van der Waals surface area contributed by atoms with Crippen molar-refractivity contribution in [3.8, 4) is 39.9 Å². The monoisotopic (exact) mass is 424 g/mol. The molecule has 0 amide bonds. The molecule has 1 aliphatic rings. The second kappa shape index (κ2) is 8.31. The fourth-order valence-electron chi connectivity index (χ4n) is 4.38. The van der Waals surface area contributed by atoms with Crippen molar-refractivity contribution < 1.29 is 20.1 Å². The average Bonchev–Trinajstić information content (AvgIpc) is 2.79. The van der Waals surface area contributed by atoms with E-state index in [1.165, 1.54) is 0 Å². The van der Waals surface area contributed by atoms with Crippen LogP contribution in [0.5, 0.6) is 28.7 Å². The number of rotatable bonds is 0. The minimum absolute atomic E-state index is 0.101. The maximum atomic E-state index is 10.8. The van der Waals surface area contributed by atoms with Crippen molar-refractivity contribution in [1.29, 1.82) is 0 Å². The lowest BCUT2D eigenvalue weighted by atomic mass is 9.89. The molecule has 4 nitrogen and oxygen atoms in total. The van der Waals surface area contributed by atoms with Crippen LogP contribution in [0.4, 0.5) is 0 Å². The van der Waals surface area contributed by atoms with E-state index in [4.69, 9.17) is 4.74 Å². The van der Waals surface area contributed by atoms with Crippen molar-refractivity contribution in [3.63, 3.8) is 0 Å². The molecule has 1 aliphatic heterocycles. The predicted molar refractivity (Wildman–Crippen MR) is 125 cm³/mol. The molecule has 0 atom stereocenters. The molecular weight excluding hydrogens is 400 g/mol. The van der Waals surface area contributed by atoms with Gasteiger partial charge in [0.25, 0.3) is 0 Å². The lowest BCUT2D eigenvalue weighted by Gasteiger charge is -2.16. The van der Waals surface area contributed by atoms with Gasteiger partial charge in [-0.2, -0.15) is 0 Å². The minimum atomic E-state index is 0.101. The van der Waals surface area contributed by atoms with Crippen LogP contribution in [0.15, 0.2) is 78.9 Å². The molecule has 160 valence electrons. The van der Waals surface area contributed by atoms with Crippen LogP contribution in [0.2, 0.25) is 0 Å². The molecule has 1 heterocycles. The number of hydrogen-bond acceptors (Lipinski definition) is 4. The molecule has 0 fully saturated rings. The van der Waals surface area contributed by atoms with Crippen LogP contribution in [0.3, 0.4) is 0 Å². The Morgan fingerprint density at radius 2 is 1.38 bits per heavy atom. The largest absolute Gasteiger partial charge is 0.508 e. The van der Waals surface area contributed by atoms with Crippen molar-refractivity contribution >= 4 is 0 Å². The molecule has 0 aliphatic carbocycles. The van der Waals surface area contributed by atoms with Gasteiger partial charge in [-0.3, -0.25) is 0 Å². The molecule has 0 aromatic heterocycles. The molecule has 5 rings (SSSR count). The molecule has 4 bridgehead atoms. The summed E-state index contributed by atoms with van der Waals surface area (Å²) in [4.78, 5) is 0. The SMILES string of the molecule is Oc1ccc2c(c1)CCc1cccc(c1)Oc1cc(ccc1O)CCc1cccc(O)c1-2. The first-order valence-corrected chi connectivity index (χ1v) is 10.8. The molecule has 0 saturated carbocycles. The topological polar surface area (TPSA) is 69.9 Å². The molecular formula is C28H24O4. The van der Waals surface area contributed by atoms with E-state index in [1.807, 2.05) is 54.6 Å². The zero-order chi connectivity index (χ0) is 22.1. The van der Waals surface area contributed by atoms with Crippen LogP contribution >= 0.6 is 0 Å². The van der Waals surface area contributed by atoms with Gasteiger partial charge in [0, 0.05) is 5.56 Å². The number of phenols is 3. The van der Waals surface area contributed by atoms with Crippen LogP contribution in [0.25, 0.3) is 11.1 Å². The number of ether oxygens (including phenoxy) is 1. The Bertz CT molecular complexity index is 1290. The third kappa shape index (κ3) is 4.00. The Balaban J connectivity index is 1.67. The van der Waals surface area contributed by atoms with Gasteiger partial charge in [-0.15, -0.1) is 0 Å². The van der Waals surface area contributed by atoms with Gasteiger partial charge in [0.15, 0.2) is 11.5 Å².